The number of aryl methyl sites for hydroxylation is 1. The molecular formula is C24H26N6O2S2. The molecule has 10 heteroatoms. The van der Waals surface area contributed by atoms with E-state index in [1.165, 1.54) is 11.3 Å². The zero-order valence-corrected chi connectivity index (χ0v) is 20.7. The molecule has 4 rings (SSSR count). The first-order valence-corrected chi connectivity index (χ1v) is 12.4. The molecule has 1 amide bonds. The smallest absolute Gasteiger partial charge is 0.257 e. The number of amides is 1. The fourth-order valence-electron chi connectivity index (χ4n) is 3.22. The van der Waals surface area contributed by atoms with E-state index >= 15 is 0 Å². The largest absolute Gasteiger partial charge is 0.494 e. The predicted molar refractivity (Wildman–Crippen MR) is 137 cm³/mol. The number of benzene rings is 2. The van der Waals surface area contributed by atoms with Crippen molar-refractivity contribution >= 4 is 39.5 Å². The van der Waals surface area contributed by atoms with Gasteiger partial charge in [0.25, 0.3) is 5.91 Å². The number of hydrogen-bond donors (Lipinski definition) is 2. The summed E-state index contributed by atoms with van der Waals surface area (Å²) in [6.07, 6.45) is 2.81. The van der Waals surface area contributed by atoms with E-state index in [1.54, 1.807) is 22.7 Å². The van der Waals surface area contributed by atoms with Crippen LogP contribution in [0.1, 0.15) is 48.4 Å². The van der Waals surface area contributed by atoms with E-state index in [9.17, 15) is 4.79 Å². The maximum atomic E-state index is 12.5. The normalized spacial score (nSPS) is 10.9. The quantitative estimate of drug-likeness (QED) is 0.263. The molecule has 2 aromatic carbocycles. The van der Waals surface area contributed by atoms with Gasteiger partial charge in [0.1, 0.15) is 10.8 Å². The highest BCUT2D eigenvalue weighted by molar-refractivity contribution is 7.80. The highest BCUT2D eigenvalue weighted by Gasteiger charge is 2.12. The Morgan fingerprint density at radius 3 is 2.74 bits per heavy atom. The summed E-state index contributed by atoms with van der Waals surface area (Å²) in [5, 5.41) is 19.9. The molecule has 0 bridgehead atoms. The molecule has 0 aliphatic rings. The lowest BCUT2D eigenvalue weighted by atomic mass is 10.1. The van der Waals surface area contributed by atoms with Gasteiger partial charge < -0.3 is 10.1 Å². The Kier molecular flexibility index (Phi) is 7.81. The zero-order chi connectivity index (χ0) is 23.9. The molecule has 0 spiro atoms. The first kappa shape index (κ1) is 23.8. The number of carbonyl (C=O) groups excluding carboxylic acids is 1. The van der Waals surface area contributed by atoms with Crippen molar-refractivity contribution in [1.29, 1.82) is 0 Å². The van der Waals surface area contributed by atoms with Gasteiger partial charge in [-0.05, 0) is 42.4 Å². The highest BCUT2D eigenvalue weighted by atomic mass is 32.1. The van der Waals surface area contributed by atoms with E-state index < -0.39 is 0 Å². The number of ether oxygens (including phenoxy) is 1. The standard InChI is InChI=1S/C24H26N6O2S2/c1-3-5-13-32-19-8-6-7-18(14-19)21(31)26-23(33)25-15-16-9-11-17(12-10-16)22-29-30-20(4-2)27-28-24(30)34-22/h6-12,14H,3-5,13,15H2,1-2H3,(H2,25,26,31,33). The number of thiocarbonyl (C=S) groups is 1. The van der Waals surface area contributed by atoms with Crippen molar-refractivity contribution in [3.05, 3.63) is 65.5 Å². The van der Waals surface area contributed by atoms with Crippen LogP contribution >= 0.6 is 23.6 Å². The molecule has 0 aliphatic heterocycles. The Bertz CT molecular complexity index is 1280. The van der Waals surface area contributed by atoms with Crippen LogP contribution in [0.15, 0.2) is 48.5 Å². The number of carbonyl (C=O) groups is 1. The number of nitrogens with zero attached hydrogens (tertiary/aromatic N) is 4. The Morgan fingerprint density at radius 1 is 1.15 bits per heavy atom. The van der Waals surface area contributed by atoms with Crippen LogP contribution < -0.4 is 15.4 Å². The van der Waals surface area contributed by atoms with E-state index in [0.717, 1.165) is 46.2 Å². The summed E-state index contributed by atoms with van der Waals surface area (Å²) in [5.41, 5.74) is 2.54. The molecule has 0 atom stereocenters. The van der Waals surface area contributed by atoms with E-state index in [1.807, 2.05) is 37.3 Å². The van der Waals surface area contributed by atoms with Crippen LogP contribution in [-0.4, -0.2) is 37.4 Å². The molecule has 0 fully saturated rings. The Labute approximate surface area is 207 Å². The molecule has 0 saturated carbocycles. The van der Waals surface area contributed by atoms with E-state index in [4.69, 9.17) is 17.0 Å². The predicted octanol–water partition coefficient (Wildman–Crippen LogP) is 4.40. The van der Waals surface area contributed by atoms with Crippen LogP contribution in [0.5, 0.6) is 5.75 Å². The topological polar surface area (TPSA) is 93.4 Å². The second kappa shape index (κ2) is 11.2. The van der Waals surface area contributed by atoms with Crippen molar-refractivity contribution in [3.8, 4) is 16.3 Å². The summed E-state index contributed by atoms with van der Waals surface area (Å²) in [6.45, 7) is 5.26. The monoisotopic (exact) mass is 494 g/mol. The first-order chi connectivity index (χ1) is 16.6. The van der Waals surface area contributed by atoms with E-state index in [2.05, 4.69) is 32.9 Å². The van der Waals surface area contributed by atoms with Gasteiger partial charge in [-0.15, -0.1) is 10.2 Å². The minimum absolute atomic E-state index is 0.270. The van der Waals surface area contributed by atoms with Crippen LogP contribution in [0.4, 0.5) is 0 Å². The van der Waals surface area contributed by atoms with Crippen LogP contribution in [0.3, 0.4) is 0 Å². The van der Waals surface area contributed by atoms with Crippen molar-refractivity contribution in [1.82, 2.24) is 30.4 Å². The Morgan fingerprint density at radius 2 is 1.97 bits per heavy atom. The minimum Gasteiger partial charge on any atom is -0.494 e. The fourth-order valence-corrected chi connectivity index (χ4v) is 4.25. The van der Waals surface area contributed by atoms with Gasteiger partial charge in [0.2, 0.25) is 4.96 Å². The van der Waals surface area contributed by atoms with Gasteiger partial charge in [0, 0.05) is 24.1 Å². The summed E-state index contributed by atoms with van der Waals surface area (Å²) in [7, 11) is 0. The van der Waals surface area contributed by atoms with Crippen molar-refractivity contribution in [2.24, 2.45) is 0 Å². The van der Waals surface area contributed by atoms with Crippen molar-refractivity contribution in [2.45, 2.75) is 39.7 Å². The molecule has 8 nitrogen and oxygen atoms in total. The van der Waals surface area contributed by atoms with Crippen LogP contribution in [-0.2, 0) is 13.0 Å². The van der Waals surface area contributed by atoms with Gasteiger partial charge in [-0.3, -0.25) is 10.1 Å². The molecular weight excluding hydrogens is 468 g/mol. The average Bonchev–Trinajstić information content (AvgIpc) is 3.44. The number of fused-ring (bicyclic) bond motifs is 1. The summed E-state index contributed by atoms with van der Waals surface area (Å²) in [4.78, 5) is 13.3. The summed E-state index contributed by atoms with van der Waals surface area (Å²) < 4.78 is 7.47. The van der Waals surface area contributed by atoms with Crippen molar-refractivity contribution in [2.75, 3.05) is 6.61 Å². The fraction of sp³-hybridized carbons (Fsp3) is 0.292. The third kappa shape index (κ3) is 5.75. The van der Waals surface area contributed by atoms with E-state index in [0.29, 0.717) is 24.5 Å². The van der Waals surface area contributed by atoms with Crippen LogP contribution in [0.25, 0.3) is 15.5 Å². The molecule has 2 heterocycles. The molecule has 176 valence electrons. The van der Waals surface area contributed by atoms with Gasteiger partial charge >= 0.3 is 0 Å². The Hall–Kier alpha value is -3.37. The average molecular weight is 495 g/mol. The second-order valence-corrected chi connectivity index (χ2v) is 9.00. The van der Waals surface area contributed by atoms with Crippen molar-refractivity contribution < 1.29 is 9.53 Å². The lowest BCUT2D eigenvalue weighted by Crippen LogP contribution is -2.38. The SMILES string of the molecule is CCCCOc1cccc(C(=O)NC(=S)NCc2ccc(-c3nn4c(CC)nnc4s3)cc2)c1. The zero-order valence-electron chi connectivity index (χ0n) is 19.1. The van der Waals surface area contributed by atoms with Crippen LogP contribution in [0, 0.1) is 0 Å². The minimum atomic E-state index is -0.275. The molecule has 0 unspecified atom stereocenters. The van der Waals surface area contributed by atoms with Gasteiger partial charge in [0.05, 0.1) is 6.61 Å². The van der Waals surface area contributed by atoms with Gasteiger partial charge in [0.15, 0.2) is 10.9 Å². The third-order valence-electron chi connectivity index (χ3n) is 5.12. The molecule has 2 aromatic heterocycles. The highest BCUT2D eigenvalue weighted by Crippen LogP contribution is 2.25. The second-order valence-electron chi connectivity index (χ2n) is 7.63. The molecule has 0 radical (unpaired) electrons. The lowest BCUT2D eigenvalue weighted by Gasteiger charge is -2.11. The molecule has 0 saturated heterocycles. The first-order valence-electron chi connectivity index (χ1n) is 11.2. The Balaban J connectivity index is 1.30. The van der Waals surface area contributed by atoms with E-state index in [-0.39, 0.29) is 11.0 Å². The molecule has 0 aliphatic carbocycles. The number of nitrogens with one attached hydrogen (secondary N) is 2. The number of hydrogen-bond acceptors (Lipinski definition) is 7. The lowest BCUT2D eigenvalue weighted by molar-refractivity contribution is 0.0976. The van der Waals surface area contributed by atoms with Crippen LogP contribution in [0.2, 0.25) is 0 Å². The third-order valence-corrected chi connectivity index (χ3v) is 6.31. The van der Waals surface area contributed by atoms with Gasteiger partial charge in [-0.2, -0.15) is 9.61 Å². The molecule has 4 aromatic rings. The summed E-state index contributed by atoms with van der Waals surface area (Å²) in [5.74, 6) is 1.25. The van der Waals surface area contributed by atoms with Gasteiger partial charge in [-0.1, -0.05) is 61.9 Å². The van der Waals surface area contributed by atoms with Crippen molar-refractivity contribution in [3.63, 3.8) is 0 Å². The maximum absolute atomic E-state index is 12.5. The number of unbranched alkanes of at least 4 members (excludes halogenated alkanes) is 1. The van der Waals surface area contributed by atoms with Gasteiger partial charge in [-0.25, -0.2) is 0 Å². The summed E-state index contributed by atoms with van der Waals surface area (Å²) in [6, 6.07) is 15.1. The maximum Gasteiger partial charge on any atom is 0.257 e. The summed E-state index contributed by atoms with van der Waals surface area (Å²) >= 11 is 6.81. The number of rotatable bonds is 9. The molecule has 34 heavy (non-hydrogen) atoms. The molecule has 2 N–H and O–H groups in total. The number of aromatic nitrogens is 4.